The highest BCUT2D eigenvalue weighted by atomic mass is 17.2. The molecule has 8 heteroatoms. The van der Waals surface area contributed by atoms with Crippen LogP contribution in [0.3, 0.4) is 0 Å². The summed E-state index contributed by atoms with van der Waals surface area (Å²) in [6.07, 6.45) is 1.40. The second-order valence-electron chi connectivity index (χ2n) is 6.10. The molecule has 28 heavy (non-hydrogen) atoms. The number of pyridine rings is 1. The van der Waals surface area contributed by atoms with Crippen LogP contribution in [-0.4, -0.2) is 48.5 Å². The van der Waals surface area contributed by atoms with Crippen LogP contribution in [0.1, 0.15) is 18.4 Å². The van der Waals surface area contributed by atoms with Gasteiger partial charge in [0.2, 0.25) is 5.91 Å². The molecule has 0 saturated heterocycles. The minimum atomic E-state index is -0.846. The van der Waals surface area contributed by atoms with Gasteiger partial charge in [0, 0.05) is 33.3 Å². The van der Waals surface area contributed by atoms with Crippen LogP contribution in [0.25, 0.3) is 0 Å². The van der Waals surface area contributed by atoms with Crippen LogP contribution in [0.5, 0.6) is 0 Å². The summed E-state index contributed by atoms with van der Waals surface area (Å²) in [5.74, 6) is -0.333. The van der Waals surface area contributed by atoms with E-state index in [9.17, 15) is 14.4 Å². The first-order valence-electron chi connectivity index (χ1n) is 8.81. The molecule has 0 aliphatic rings. The minimum absolute atomic E-state index is 0.0701. The molecule has 0 radical (unpaired) electrons. The highest BCUT2D eigenvalue weighted by Crippen LogP contribution is 2.09. The molecule has 0 N–H and O–H groups in total. The van der Waals surface area contributed by atoms with Gasteiger partial charge in [-0.15, -0.1) is 0 Å². The molecular formula is C20H23N3O5. The van der Waals surface area contributed by atoms with E-state index in [1.165, 1.54) is 11.9 Å². The van der Waals surface area contributed by atoms with Gasteiger partial charge in [0.25, 0.3) is 0 Å². The normalized spacial score (nSPS) is 10.1. The van der Waals surface area contributed by atoms with Gasteiger partial charge in [0.15, 0.2) is 0 Å². The van der Waals surface area contributed by atoms with Gasteiger partial charge in [-0.05, 0) is 24.1 Å². The molecule has 0 spiro atoms. The Balaban J connectivity index is 1.67. The van der Waals surface area contributed by atoms with Crippen molar-refractivity contribution in [2.24, 2.45) is 0 Å². The fourth-order valence-electron chi connectivity index (χ4n) is 2.28. The third-order valence-electron chi connectivity index (χ3n) is 4.01. The smallest absolute Gasteiger partial charge is 0.308 e. The molecule has 1 aromatic carbocycles. The number of amides is 2. The summed E-state index contributed by atoms with van der Waals surface area (Å²) in [5.41, 5.74) is 0.985. The summed E-state index contributed by atoms with van der Waals surface area (Å²) in [6.45, 7) is 0.108. The number of benzene rings is 1. The summed E-state index contributed by atoms with van der Waals surface area (Å²) >= 11 is 0. The van der Waals surface area contributed by atoms with Gasteiger partial charge in [-0.1, -0.05) is 36.4 Å². The van der Waals surface area contributed by atoms with Crippen molar-refractivity contribution in [1.29, 1.82) is 0 Å². The lowest BCUT2D eigenvalue weighted by molar-refractivity contribution is -0.236. The van der Waals surface area contributed by atoms with Crippen molar-refractivity contribution >= 4 is 23.8 Å². The maximum absolute atomic E-state index is 12.2. The van der Waals surface area contributed by atoms with Gasteiger partial charge in [0.05, 0.1) is 6.42 Å². The molecule has 2 rings (SSSR count). The molecule has 1 heterocycles. The van der Waals surface area contributed by atoms with E-state index >= 15 is 0 Å². The topological polar surface area (TPSA) is 89.0 Å². The Morgan fingerprint density at radius 3 is 2.32 bits per heavy atom. The van der Waals surface area contributed by atoms with E-state index in [-0.39, 0.29) is 25.3 Å². The van der Waals surface area contributed by atoms with Crippen LogP contribution in [0.4, 0.5) is 10.6 Å². The van der Waals surface area contributed by atoms with Crippen LogP contribution >= 0.6 is 0 Å². The number of rotatable bonds is 7. The lowest BCUT2D eigenvalue weighted by atomic mass is 10.1. The SMILES string of the molecule is CN(CCC(=O)N(C)c1ccccn1)C(=O)OOC(=O)CCc1ccccc1. The Kier molecular flexibility index (Phi) is 7.95. The van der Waals surface area contributed by atoms with E-state index < -0.39 is 12.1 Å². The third-order valence-corrected chi connectivity index (χ3v) is 4.01. The Morgan fingerprint density at radius 1 is 0.929 bits per heavy atom. The number of carbonyl (C=O) groups excluding carboxylic acids is 3. The molecule has 2 aromatic rings. The largest absolute Gasteiger partial charge is 0.452 e. The van der Waals surface area contributed by atoms with Crippen LogP contribution in [0, 0.1) is 0 Å². The Hall–Kier alpha value is -3.42. The van der Waals surface area contributed by atoms with Crippen LogP contribution in [0.2, 0.25) is 0 Å². The highest BCUT2D eigenvalue weighted by molar-refractivity contribution is 5.92. The zero-order chi connectivity index (χ0) is 20.4. The van der Waals surface area contributed by atoms with E-state index in [0.29, 0.717) is 12.2 Å². The average Bonchev–Trinajstić information content (AvgIpc) is 2.74. The molecule has 2 amide bonds. The van der Waals surface area contributed by atoms with Gasteiger partial charge in [-0.2, -0.15) is 0 Å². The molecule has 0 fully saturated rings. The van der Waals surface area contributed by atoms with Crippen molar-refractivity contribution in [3.63, 3.8) is 0 Å². The molecule has 0 bridgehead atoms. The molecule has 8 nitrogen and oxygen atoms in total. The monoisotopic (exact) mass is 385 g/mol. The molecule has 0 unspecified atom stereocenters. The fourth-order valence-corrected chi connectivity index (χ4v) is 2.28. The quantitative estimate of drug-likeness (QED) is 0.538. The molecule has 0 atom stereocenters. The Morgan fingerprint density at radius 2 is 1.64 bits per heavy atom. The van der Waals surface area contributed by atoms with Crippen molar-refractivity contribution in [2.45, 2.75) is 19.3 Å². The van der Waals surface area contributed by atoms with Crippen LogP contribution < -0.4 is 4.90 Å². The summed E-state index contributed by atoms with van der Waals surface area (Å²) < 4.78 is 0. The molecule has 1 aromatic heterocycles. The number of carbonyl (C=O) groups is 3. The third kappa shape index (κ3) is 6.71. The van der Waals surface area contributed by atoms with E-state index in [1.807, 2.05) is 30.3 Å². The number of aromatic nitrogens is 1. The van der Waals surface area contributed by atoms with Gasteiger partial charge in [-0.25, -0.2) is 24.3 Å². The van der Waals surface area contributed by atoms with Crippen molar-refractivity contribution in [3.05, 3.63) is 60.3 Å². The predicted octanol–water partition coefficient (Wildman–Crippen LogP) is 2.59. The molecule has 0 aliphatic carbocycles. The van der Waals surface area contributed by atoms with Gasteiger partial charge in [-0.3, -0.25) is 9.69 Å². The number of anilines is 1. The van der Waals surface area contributed by atoms with Crippen LogP contribution in [-0.2, 0) is 25.8 Å². The molecule has 0 saturated carbocycles. The maximum atomic E-state index is 12.2. The van der Waals surface area contributed by atoms with Gasteiger partial charge < -0.3 is 4.90 Å². The summed E-state index contributed by atoms with van der Waals surface area (Å²) in [5, 5.41) is 0. The van der Waals surface area contributed by atoms with E-state index in [4.69, 9.17) is 0 Å². The molecule has 148 valence electrons. The minimum Gasteiger partial charge on any atom is -0.308 e. The van der Waals surface area contributed by atoms with Crippen molar-refractivity contribution in [3.8, 4) is 0 Å². The first kappa shape index (κ1) is 20.9. The lowest BCUT2D eigenvalue weighted by Crippen LogP contribution is -2.34. The standard InChI is InChI=1S/C20H23N3O5/c1-22(15-13-18(24)23(2)17-10-6-7-14-21-17)20(26)28-27-19(25)12-11-16-8-4-3-5-9-16/h3-10,14H,11-13,15H2,1-2H3. The lowest BCUT2D eigenvalue weighted by Gasteiger charge is -2.19. The first-order valence-corrected chi connectivity index (χ1v) is 8.81. The Labute approximate surface area is 163 Å². The van der Waals surface area contributed by atoms with E-state index in [0.717, 1.165) is 10.5 Å². The summed E-state index contributed by atoms with van der Waals surface area (Å²) in [7, 11) is 3.06. The maximum Gasteiger partial charge on any atom is 0.452 e. The van der Waals surface area contributed by atoms with Crippen LogP contribution in [0.15, 0.2) is 54.7 Å². The number of hydrogen-bond acceptors (Lipinski definition) is 6. The van der Waals surface area contributed by atoms with Crippen molar-refractivity contribution < 1.29 is 24.2 Å². The first-order chi connectivity index (χ1) is 13.5. The zero-order valence-corrected chi connectivity index (χ0v) is 15.9. The van der Waals surface area contributed by atoms with E-state index in [2.05, 4.69) is 14.8 Å². The number of nitrogens with zero attached hydrogens (tertiary/aromatic N) is 3. The second-order valence-corrected chi connectivity index (χ2v) is 6.10. The highest BCUT2D eigenvalue weighted by Gasteiger charge is 2.18. The van der Waals surface area contributed by atoms with Crippen molar-refractivity contribution in [2.75, 3.05) is 25.5 Å². The predicted molar refractivity (Wildman–Crippen MR) is 102 cm³/mol. The molecule has 0 aliphatic heterocycles. The zero-order valence-electron chi connectivity index (χ0n) is 15.9. The second kappa shape index (κ2) is 10.7. The number of aryl methyl sites for hydroxylation is 1. The summed E-state index contributed by atoms with van der Waals surface area (Å²) in [4.78, 5) is 51.4. The van der Waals surface area contributed by atoms with Gasteiger partial charge in [0.1, 0.15) is 5.82 Å². The van der Waals surface area contributed by atoms with Gasteiger partial charge >= 0.3 is 12.1 Å². The van der Waals surface area contributed by atoms with Crippen molar-refractivity contribution in [1.82, 2.24) is 9.88 Å². The fraction of sp³-hybridized carbons (Fsp3) is 0.300. The number of hydrogen-bond donors (Lipinski definition) is 0. The summed E-state index contributed by atoms with van der Waals surface area (Å²) in [6, 6.07) is 14.7. The van der Waals surface area contributed by atoms with E-state index in [1.54, 1.807) is 31.4 Å². The Bertz CT molecular complexity index is 783. The average molecular weight is 385 g/mol. The molecular weight excluding hydrogens is 362 g/mol.